The van der Waals surface area contributed by atoms with E-state index in [2.05, 4.69) is 20.9 Å². The number of nitrogens with zero attached hydrogens (tertiary/aromatic N) is 1. The molecule has 0 aliphatic rings. The Morgan fingerprint density at radius 2 is 1.75 bits per heavy atom. The smallest absolute Gasteiger partial charge is 0.339 e. The average molecular weight is 479 g/mol. The van der Waals surface area contributed by atoms with Crippen LogP contribution in [0.5, 0.6) is 5.75 Å². The van der Waals surface area contributed by atoms with Crippen LogP contribution >= 0.6 is 27.5 Å². The average Bonchev–Trinajstić information content (AvgIpc) is 2.65. The summed E-state index contributed by atoms with van der Waals surface area (Å²) in [5, 5.41) is 0.451. The fraction of sp³-hybridized carbons (Fsp3) is 0.0952. The molecule has 0 N–H and O–H groups in total. The number of aryl methyl sites for hydroxylation is 1. The lowest BCUT2D eigenvalue weighted by Crippen LogP contribution is -2.10. The molecule has 3 aromatic carbocycles. The second kappa shape index (κ2) is 8.47. The third-order valence-electron chi connectivity index (χ3n) is 4.19. The van der Waals surface area contributed by atoms with Gasteiger partial charge in [0.25, 0.3) is 0 Å². The monoisotopic (exact) mass is 477 g/mol. The third-order valence-corrected chi connectivity index (χ3v) is 6.31. The summed E-state index contributed by atoms with van der Waals surface area (Å²) in [6.45, 7) is 4.06. The van der Waals surface area contributed by atoms with E-state index in [4.69, 9.17) is 15.8 Å². The van der Waals surface area contributed by atoms with Gasteiger partial charge >= 0.3 is 10.1 Å². The summed E-state index contributed by atoms with van der Waals surface area (Å²) in [7, 11) is -3.95. The van der Waals surface area contributed by atoms with E-state index in [0.29, 0.717) is 9.50 Å². The van der Waals surface area contributed by atoms with Crippen molar-refractivity contribution < 1.29 is 12.6 Å². The predicted octanol–water partition coefficient (Wildman–Crippen LogP) is 6.24. The van der Waals surface area contributed by atoms with Gasteiger partial charge in [-0.3, -0.25) is 4.99 Å². The predicted molar refractivity (Wildman–Crippen MR) is 117 cm³/mol. The zero-order valence-corrected chi connectivity index (χ0v) is 18.3. The lowest BCUT2D eigenvalue weighted by molar-refractivity contribution is 0.484. The highest BCUT2D eigenvalue weighted by molar-refractivity contribution is 9.10. The second-order valence-corrected chi connectivity index (χ2v) is 9.00. The highest BCUT2D eigenvalue weighted by atomic mass is 79.9. The fourth-order valence-electron chi connectivity index (χ4n) is 2.45. The van der Waals surface area contributed by atoms with Gasteiger partial charge in [-0.05, 0) is 95.0 Å². The minimum atomic E-state index is -3.95. The summed E-state index contributed by atoms with van der Waals surface area (Å²) in [6.07, 6.45) is 1.73. The van der Waals surface area contributed by atoms with Crippen molar-refractivity contribution >= 4 is 49.6 Å². The van der Waals surface area contributed by atoms with Crippen LogP contribution in [0, 0.1) is 13.8 Å². The molecule has 4 nitrogen and oxygen atoms in total. The first-order valence-electron chi connectivity index (χ1n) is 8.36. The van der Waals surface area contributed by atoms with Gasteiger partial charge in [0.2, 0.25) is 0 Å². The Bertz CT molecular complexity index is 1140. The summed E-state index contributed by atoms with van der Waals surface area (Å²) in [4.78, 5) is 4.55. The molecule has 0 spiro atoms. The Hall–Kier alpha value is -2.15. The molecule has 28 heavy (non-hydrogen) atoms. The summed E-state index contributed by atoms with van der Waals surface area (Å²) >= 11 is 9.17. The Labute approximate surface area is 178 Å². The van der Waals surface area contributed by atoms with E-state index in [1.807, 2.05) is 32.0 Å². The molecule has 0 amide bonds. The van der Waals surface area contributed by atoms with E-state index in [1.54, 1.807) is 24.4 Å². The van der Waals surface area contributed by atoms with Crippen molar-refractivity contribution in [2.24, 2.45) is 4.99 Å². The van der Waals surface area contributed by atoms with Gasteiger partial charge in [-0.15, -0.1) is 0 Å². The SMILES string of the molecule is Cc1cccc(N=Cc2ccc(OS(=O)(=O)c3ccc(Cl)cc3)c(Br)c2)c1C. The maximum absolute atomic E-state index is 12.4. The van der Waals surface area contributed by atoms with Gasteiger partial charge in [-0.2, -0.15) is 8.42 Å². The first-order chi connectivity index (χ1) is 13.3. The van der Waals surface area contributed by atoms with Crippen molar-refractivity contribution in [2.75, 3.05) is 0 Å². The first-order valence-corrected chi connectivity index (χ1v) is 10.9. The molecule has 7 heteroatoms. The largest absolute Gasteiger partial charge is 0.378 e. The Balaban J connectivity index is 1.81. The van der Waals surface area contributed by atoms with Gasteiger partial charge in [0.05, 0.1) is 10.2 Å². The van der Waals surface area contributed by atoms with Crippen LogP contribution in [0.3, 0.4) is 0 Å². The normalized spacial score (nSPS) is 11.7. The molecule has 0 radical (unpaired) electrons. The van der Waals surface area contributed by atoms with E-state index in [1.165, 1.54) is 29.8 Å². The lowest BCUT2D eigenvalue weighted by atomic mass is 10.1. The molecule has 0 saturated carbocycles. The van der Waals surface area contributed by atoms with Gasteiger partial charge in [0, 0.05) is 11.2 Å². The van der Waals surface area contributed by atoms with Crippen LogP contribution in [-0.4, -0.2) is 14.6 Å². The maximum atomic E-state index is 12.4. The van der Waals surface area contributed by atoms with Crippen molar-refractivity contribution in [1.29, 1.82) is 0 Å². The summed E-state index contributed by atoms with van der Waals surface area (Å²) < 4.78 is 30.6. The fourth-order valence-corrected chi connectivity index (χ4v) is 4.11. The molecule has 0 aliphatic heterocycles. The number of hydrogen-bond donors (Lipinski definition) is 0. The molecule has 0 aliphatic carbocycles. The lowest BCUT2D eigenvalue weighted by Gasteiger charge is -2.09. The number of aliphatic imine (C=N–C) groups is 1. The highest BCUT2D eigenvalue weighted by Crippen LogP contribution is 2.29. The molecule has 3 rings (SSSR count). The van der Waals surface area contributed by atoms with Crippen LogP contribution in [0.2, 0.25) is 5.02 Å². The summed E-state index contributed by atoms with van der Waals surface area (Å²) in [6, 6.07) is 16.8. The van der Waals surface area contributed by atoms with E-state index < -0.39 is 10.1 Å². The Kier molecular flexibility index (Phi) is 6.23. The van der Waals surface area contributed by atoms with E-state index in [-0.39, 0.29) is 10.6 Å². The molecular formula is C21H17BrClNO3S. The van der Waals surface area contributed by atoms with Gasteiger partial charge in [-0.25, -0.2) is 0 Å². The Morgan fingerprint density at radius 1 is 1.04 bits per heavy atom. The van der Waals surface area contributed by atoms with Crippen LogP contribution in [-0.2, 0) is 10.1 Å². The van der Waals surface area contributed by atoms with E-state index >= 15 is 0 Å². The van der Waals surface area contributed by atoms with Crippen LogP contribution < -0.4 is 4.18 Å². The molecule has 0 fully saturated rings. The van der Waals surface area contributed by atoms with E-state index in [9.17, 15) is 8.42 Å². The standard InChI is InChI=1S/C21H17BrClNO3S/c1-14-4-3-5-20(15(14)2)24-13-16-6-11-21(19(22)12-16)27-28(25,26)18-9-7-17(23)8-10-18/h3-13H,1-2H3. The molecule has 3 aromatic rings. The number of halogens is 2. The minimum absolute atomic E-state index is 0.0318. The molecule has 0 heterocycles. The molecule has 144 valence electrons. The third kappa shape index (κ3) is 4.82. The van der Waals surface area contributed by atoms with Gasteiger partial charge in [0.1, 0.15) is 4.90 Å². The topological polar surface area (TPSA) is 55.7 Å². The Morgan fingerprint density at radius 3 is 2.43 bits per heavy atom. The van der Waals surface area contributed by atoms with Crippen LogP contribution in [0.1, 0.15) is 16.7 Å². The number of benzene rings is 3. The van der Waals surface area contributed by atoms with Crippen LogP contribution in [0.4, 0.5) is 5.69 Å². The highest BCUT2D eigenvalue weighted by Gasteiger charge is 2.18. The zero-order chi connectivity index (χ0) is 20.3. The van der Waals surface area contributed by atoms with Crippen molar-refractivity contribution in [3.05, 3.63) is 86.8 Å². The maximum Gasteiger partial charge on any atom is 0.339 e. The zero-order valence-electron chi connectivity index (χ0n) is 15.2. The van der Waals surface area contributed by atoms with Gasteiger partial charge in [-0.1, -0.05) is 23.7 Å². The molecule has 0 aromatic heterocycles. The molecule has 0 bridgehead atoms. The van der Waals surface area contributed by atoms with Crippen molar-refractivity contribution in [2.45, 2.75) is 18.7 Å². The second-order valence-electron chi connectivity index (χ2n) is 6.16. The van der Waals surface area contributed by atoms with Crippen LogP contribution in [0.25, 0.3) is 0 Å². The number of hydrogen-bond acceptors (Lipinski definition) is 4. The first kappa shape index (κ1) is 20.6. The quantitative estimate of drug-likeness (QED) is 0.322. The van der Waals surface area contributed by atoms with Gasteiger partial charge < -0.3 is 4.18 Å². The van der Waals surface area contributed by atoms with Crippen molar-refractivity contribution in [3.8, 4) is 5.75 Å². The van der Waals surface area contributed by atoms with Crippen molar-refractivity contribution in [1.82, 2.24) is 0 Å². The van der Waals surface area contributed by atoms with E-state index in [0.717, 1.165) is 16.8 Å². The van der Waals surface area contributed by atoms with Crippen molar-refractivity contribution in [3.63, 3.8) is 0 Å². The van der Waals surface area contributed by atoms with Crippen LogP contribution in [0.15, 0.2) is 75.0 Å². The summed E-state index contributed by atoms with van der Waals surface area (Å²) in [5.74, 6) is 0.193. The van der Waals surface area contributed by atoms with Gasteiger partial charge in [0.15, 0.2) is 5.75 Å². The minimum Gasteiger partial charge on any atom is -0.378 e. The molecule has 0 saturated heterocycles. The summed E-state index contributed by atoms with van der Waals surface area (Å²) in [5.41, 5.74) is 3.99. The molecular weight excluding hydrogens is 462 g/mol. The number of rotatable bonds is 5. The molecule has 0 atom stereocenters. The molecule has 0 unspecified atom stereocenters.